The maximum absolute atomic E-state index is 14.0. The molecule has 1 amide bonds. The molecule has 24 heavy (non-hydrogen) atoms. The molecule has 4 heterocycles. The third kappa shape index (κ3) is 2.81. The van der Waals surface area contributed by atoms with Gasteiger partial charge in [-0.15, -0.1) is 0 Å². The predicted octanol–water partition coefficient (Wildman–Crippen LogP) is 1.85. The Labute approximate surface area is 138 Å². The molecule has 0 radical (unpaired) electrons. The molecular weight excluding hydrogens is 313 g/mol. The molecule has 2 aliphatic rings. The van der Waals surface area contributed by atoms with Crippen LogP contribution in [0.4, 0.5) is 4.39 Å². The van der Waals surface area contributed by atoms with E-state index in [4.69, 9.17) is 9.47 Å². The van der Waals surface area contributed by atoms with E-state index in [1.54, 1.807) is 12.1 Å². The molecule has 1 fully saturated rings. The van der Waals surface area contributed by atoms with Crippen LogP contribution >= 0.6 is 0 Å². The SMILES string of the molecule is O=C1NCC(C[C@@H]2COCCO2)c2[nH]c(-c3ccncc3F)cc21. The zero-order valence-electron chi connectivity index (χ0n) is 13.0. The van der Waals surface area contributed by atoms with Gasteiger partial charge in [0.05, 0.1) is 37.7 Å². The molecule has 7 heteroatoms. The van der Waals surface area contributed by atoms with Gasteiger partial charge in [-0.1, -0.05) is 0 Å². The van der Waals surface area contributed by atoms with Crippen LogP contribution in [0.5, 0.6) is 0 Å². The Morgan fingerprint density at radius 1 is 1.33 bits per heavy atom. The Kier molecular flexibility index (Phi) is 4.03. The minimum absolute atomic E-state index is 0.0102. The number of rotatable bonds is 3. The largest absolute Gasteiger partial charge is 0.376 e. The maximum atomic E-state index is 14.0. The number of nitrogens with one attached hydrogen (secondary N) is 2. The Hall–Kier alpha value is -2.25. The number of aromatic nitrogens is 2. The quantitative estimate of drug-likeness (QED) is 0.900. The van der Waals surface area contributed by atoms with Gasteiger partial charge >= 0.3 is 0 Å². The number of hydrogen-bond donors (Lipinski definition) is 2. The normalized spacial score (nSPS) is 23.6. The van der Waals surface area contributed by atoms with Crippen LogP contribution < -0.4 is 5.32 Å². The predicted molar refractivity (Wildman–Crippen MR) is 84.2 cm³/mol. The number of ether oxygens (including phenoxy) is 2. The molecule has 0 spiro atoms. The van der Waals surface area contributed by atoms with Crippen LogP contribution in [-0.2, 0) is 9.47 Å². The summed E-state index contributed by atoms with van der Waals surface area (Å²) < 4.78 is 25.1. The summed E-state index contributed by atoms with van der Waals surface area (Å²) in [6.07, 6.45) is 3.45. The van der Waals surface area contributed by atoms with Crippen molar-refractivity contribution in [3.63, 3.8) is 0 Å². The van der Waals surface area contributed by atoms with E-state index in [-0.39, 0.29) is 17.9 Å². The van der Waals surface area contributed by atoms with Gasteiger partial charge in [0, 0.05) is 35.6 Å². The van der Waals surface area contributed by atoms with Gasteiger partial charge in [0.15, 0.2) is 5.82 Å². The number of aromatic amines is 1. The molecule has 0 saturated carbocycles. The average Bonchev–Trinajstić information content (AvgIpc) is 3.05. The molecule has 1 unspecified atom stereocenters. The highest BCUT2D eigenvalue weighted by molar-refractivity contribution is 5.98. The summed E-state index contributed by atoms with van der Waals surface area (Å²) in [4.78, 5) is 19.2. The lowest BCUT2D eigenvalue weighted by atomic mass is 9.92. The first-order valence-corrected chi connectivity index (χ1v) is 8.02. The number of fused-ring (bicyclic) bond motifs is 1. The number of H-pyrrole nitrogens is 1. The first-order valence-electron chi connectivity index (χ1n) is 8.02. The van der Waals surface area contributed by atoms with E-state index in [1.165, 1.54) is 12.4 Å². The van der Waals surface area contributed by atoms with E-state index in [1.807, 2.05) is 0 Å². The van der Waals surface area contributed by atoms with Gasteiger partial charge in [0.25, 0.3) is 5.91 Å². The average molecular weight is 331 g/mol. The fourth-order valence-corrected chi connectivity index (χ4v) is 3.32. The van der Waals surface area contributed by atoms with Gasteiger partial charge in [-0.2, -0.15) is 0 Å². The molecule has 2 atom stereocenters. The Bertz CT molecular complexity index is 755. The van der Waals surface area contributed by atoms with Crippen LogP contribution in [0.15, 0.2) is 24.5 Å². The summed E-state index contributed by atoms with van der Waals surface area (Å²) in [7, 11) is 0. The number of amides is 1. The van der Waals surface area contributed by atoms with Crippen molar-refractivity contribution in [1.29, 1.82) is 0 Å². The van der Waals surface area contributed by atoms with Gasteiger partial charge in [-0.25, -0.2) is 4.39 Å². The van der Waals surface area contributed by atoms with Gasteiger partial charge in [0.2, 0.25) is 0 Å². The summed E-state index contributed by atoms with van der Waals surface area (Å²) >= 11 is 0. The summed E-state index contributed by atoms with van der Waals surface area (Å²) in [6.45, 7) is 2.31. The molecule has 2 aliphatic heterocycles. The van der Waals surface area contributed by atoms with Crippen molar-refractivity contribution in [2.45, 2.75) is 18.4 Å². The van der Waals surface area contributed by atoms with E-state index >= 15 is 0 Å². The van der Waals surface area contributed by atoms with Crippen LogP contribution in [0.2, 0.25) is 0 Å². The highest BCUT2D eigenvalue weighted by atomic mass is 19.1. The fraction of sp³-hybridized carbons (Fsp3) is 0.412. The topological polar surface area (TPSA) is 76.2 Å². The highest BCUT2D eigenvalue weighted by Gasteiger charge is 2.31. The number of halogens is 1. The minimum Gasteiger partial charge on any atom is -0.376 e. The number of carbonyl (C=O) groups excluding carboxylic acids is 1. The second-order valence-electron chi connectivity index (χ2n) is 6.08. The number of nitrogens with zero attached hydrogens (tertiary/aromatic N) is 1. The molecule has 2 aromatic heterocycles. The van der Waals surface area contributed by atoms with Gasteiger partial charge in [0.1, 0.15) is 0 Å². The van der Waals surface area contributed by atoms with Crippen molar-refractivity contribution in [1.82, 2.24) is 15.3 Å². The second kappa shape index (κ2) is 6.33. The lowest BCUT2D eigenvalue weighted by molar-refractivity contribution is -0.0928. The molecular formula is C17H18FN3O3. The Balaban J connectivity index is 1.64. The molecule has 1 saturated heterocycles. The molecule has 0 bridgehead atoms. The van der Waals surface area contributed by atoms with Crippen LogP contribution in [0.3, 0.4) is 0 Å². The zero-order chi connectivity index (χ0) is 16.5. The Morgan fingerprint density at radius 3 is 3.04 bits per heavy atom. The molecule has 6 nitrogen and oxygen atoms in total. The molecule has 4 rings (SSSR count). The first-order chi connectivity index (χ1) is 11.7. The summed E-state index contributed by atoms with van der Waals surface area (Å²) in [5.41, 5.74) is 2.39. The number of hydrogen-bond acceptors (Lipinski definition) is 4. The van der Waals surface area contributed by atoms with Crippen molar-refractivity contribution in [3.05, 3.63) is 41.6 Å². The van der Waals surface area contributed by atoms with E-state index < -0.39 is 5.82 Å². The van der Waals surface area contributed by atoms with E-state index in [9.17, 15) is 9.18 Å². The second-order valence-corrected chi connectivity index (χ2v) is 6.08. The lowest BCUT2D eigenvalue weighted by Gasteiger charge is -2.29. The number of pyridine rings is 1. The molecule has 126 valence electrons. The summed E-state index contributed by atoms with van der Waals surface area (Å²) in [5, 5.41) is 2.90. The van der Waals surface area contributed by atoms with Crippen molar-refractivity contribution in [2.24, 2.45) is 0 Å². The zero-order valence-corrected chi connectivity index (χ0v) is 13.0. The first kappa shape index (κ1) is 15.3. The fourth-order valence-electron chi connectivity index (χ4n) is 3.32. The minimum atomic E-state index is -0.419. The molecule has 2 N–H and O–H groups in total. The van der Waals surface area contributed by atoms with Crippen LogP contribution in [0, 0.1) is 5.82 Å². The van der Waals surface area contributed by atoms with Crippen molar-refractivity contribution >= 4 is 5.91 Å². The van der Waals surface area contributed by atoms with E-state index in [2.05, 4.69) is 15.3 Å². The van der Waals surface area contributed by atoms with Crippen molar-refractivity contribution < 1.29 is 18.7 Å². The maximum Gasteiger partial charge on any atom is 0.253 e. The summed E-state index contributed by atoms with van der Waals surface area (Å²) in [6, 6.07) is 3.30. The van der Waals surface area contributed by atoms with Gasteiger partial charge < -0.3 is 19.8 Å². The molecule has 0 aliphatic carbocycles. The van der Waals surface area contributed by atoms with Crippen molar-refractivity contribution in [2.75, 3.05) is 26.4 Å². The lowest BCUT2D eigenvalue weighted by Crippen LogP contribution is -2.38. The van der Waals surface area contributed by atoms with Gasteiger partial charge in [-0.3, -0.25) is 9.78 Å². The summed E-state index contributed by atoms with van der Waals surface area (Å²) in [5.74, 6) is -0.473. The van der Waals surface area contributed by atoms with Crippen molar-refractivity contribution in [3.8, 4) is 11.3 Å². The monoisotopic (exact) mass is 331 g/mol. The van der Waals surface area contributed by atoms with E-state index in [0.717, 1.165) is 12.1 Å². The van der Waals surface area contributed by atoms with Crippen LogP contribution in [-0.4, -0.2) is 48.3 Å². The van der Waals surface area contributed by atoms with Crippen LogP contribution in [0.25, 0.3) is 11.3 Å². The van der Waals surface area contributed by atoms with E-state index in [0.29, 0.717) is 43.2 Å². The molecule has 2 aromatic rings. The highest BCUT2D eigenvalue weighted by Crippen LogP contribution is 2.32. The van der Waals surface area contributed by atoms with Crippen LogP contribution in [0.1, 0.15) is 28.4 Å². The van der Waals surface area contributed by atoms with Gasteiger partial charge in [-0.05, 0) is 18.6 Å². The molecule has 0 aromatic carbocycles. The third-order valence-corrected chi connectivity index (χ3v) is 4.51. The standard InChI is InChI=1S/C17H18FN3O3/c18-14-8-19-2-1-12(14)15-6-13-16(21-15)10(7-20-17(13)22)5-11-9-23-3-4-24-11/h1-2,6,8,10-11,21H,3-5,7,9H2,(H,20,22)/t10?,11-/m1/s1. The third-order valence-electron chi connectivity index (χ3n) is 4.51. The smallest absolute Gasteiger partial charge is 0.253 e. The number of carbonyl (C=O) groups is 1. The Morgan fingerprint density at radius 2 is 2.25 bits per heavy atom.